The molecule has 0 aromatic heterocycles. The molecule has 12 nitrogen and oxygen atoms in total. The predicted octanol–water partition coefficient (Wildman–Crippen LogP) is 2.71. The van der Waals surface area contributed by atoms with E-state index in [1.54, 1.807) is 6.92 Å². The van der Waals surface area contributed by atoms with Crippen LogP contribution in [0.5, 0.6) is 0 Å². The topological polar surface area (TPSA) is 163 Å². The van der Waals surface area contributed by atoms with E-state index in [1.165, 1.54) is 11.0 Å². The van der Waals surface area contributed by atoms with E-state index >= 15 is 0 Å². The van der Waals surface area contributed by atoms with Gasteiger partial charge < -0.3 is 30.9 Å². The van der Waals surface area contributed by atoms with Crippen LogP contribution in [0.2, 0.25) is 0 Å². The van der Waals surface area contributed by atoms with Gasteiger partial charge >= 0.3 is 12.0 Å². The first-order chi connectivity index (χ1) is 21.9. The van der Waals surface area contributed by atoms with Crippen LogP contribution in [0.4, 0.5) is 4.79 Å². The molecular formula is C35H55N5O7. The zero-order valence-electron chi connectivity index (χ0n) is 29.3. The number of Topliss-reactive ketones (excluding diaryl/α,β-unsaturated/α-hetero) is 1. The van der Waals surface area contributed by atoms with E-state index in [-0.39, 0.29) is 42.2 Å². The second-order valence-corrected chi connectivity index (χ2v) is 15.9. The van der Waals surface area contributed by atoms with Crippen LogP contribution in [0, 0.1) is 40.4 Å². The number of nitrogens with zero attached hydrogens (tertiary/aromatic N) is 1. The third-order valence-electron chi connectivity index (χ3n) is 10.5. The number of likely N-dealkylation sites (tertiary alicyclic amines) is 1. The Labute approximate surface area is 278 Å². The molecule has 262 valence electrons. The fourth-order valence-electron chi connectivity index (χ4n) is 7.09. The van der Waals surface area contributed by atoms with Crippen molar-refractivity contribution in [2.75, 3.05) is 13.1 Å². The lowest BCUT2D eigenvalue weighted by Gasteiger charge is -2.38. The molecule has 47 heavy (non-hydrogen) atoms. The van der Waals surface area contributed by atoms with Gasteiger partial charge in [-0.05, 0) is 72.5 Å². The smallest absolute Gasteiger partial charge is 0.329 e. The lowest BCUT2D eigenvalue weighted by atomic mass is 9.85. The van der Waals surface area contributed by atoms with Crippen LogP contribution in [0.15, 0.2) is 12.7 Å². The lowest BCUT2D eigenvalue weighted by molar-refractivity contribution is -0.155. The molecule has 5 amide bonds. The second-order valence-electron chi connectivity index (χ2n) is 15.9. The molecule has 0 aromatic carbocycles. The van der Waals surface area contributed by atoms with Gasteiger partial charge in [-0.1, -0.05) is 61.5 Å². The molecule has 3 aliphatic carbocycles. The number of urea groups is 1. The van der Waals surface area contributed by atoms with Gasteiger partial charge in [-0.25, -0.2) is 9.59 Å². The lowest BCUT2D eigenvalue weighted by Crippen LogP contribution is -2.62. The SMILES string of the molecule is C=CCNC(=O)C(=O)C(CC)NC(=O)[C@@H]1[C@@H]2[C@H](CN1C(=O)[C@@H](NC(=O)N[C@H](C(=O)OC(C1CC1)C1CC1)C(C)C)C(C)(C)C)C2(C)C. The Kier molecular flexibility index (Phi) is 10.8. The molecule has 6 atom stereocenters. The monoisotopic (exact) mass is 657 g/mol. The molecular weight excluding hydrogens is 602 g/mol. The number of amides is 5. The van der Waals surface area contributed by atoms with Crippen molar-refractivity contribution < 1.29 is 33.5 Å². The average Bonchev–Trinajstić information content (AvgIpc) is 3.94. The molecule has 1 aliphatic heterocycles. The van der Waals surface area contributed by atoms with Gasteiger partial charge in [0.2, 0.25) is 17.6 Å². The molecule has 3 saturated carbocycles. The zero-order valence-corrected chi connectivity index (χ0v) is 29.3. The second kappa shape index (κ2) is 14.0. The summed E-state index contributed by atoms with van der Waals surface area (Å²) in [6.07, 6.45) is 5.76. The molecule has 12 heteroatoms. The number of carbonyl (C=O) groups is 6. The summed E-state index contributed by atoms with van der Waals surface area (Å²) in [5.41, 5.74) is -0.947. The maximum Gasteiger partial charge on any atom is 0.329 e. The van der Waals surface area contributed by atoms with E-state index in [0.29, 0.717) is 18.4 Å². The first kappa shape index (κ1) is 36.4. The van der Waals surface area contributed by atoms with E-state index in [4.69, 9.17) is 4.74 Å². The standard InChI is InChI=1S/C35H55N5O7/c1-10-16-36-30(43)26(41)22(11-2)37-29(42)25-23-21(35(23,8)9)17-40(25)31(44)28(34(5,6)7)39-33(46)38-24(18(3)4)32(45)47-27(19-12-13-19)20-14-15-20/h10,18-25,27-28H,1,11-17H2,2-9H3,(H,36,43)(H,37,42)(H2,38,39,46)/t21-,22?,23-,24-,25-,28+/m0/s1. The summed E-state index contributed by atoms with van der Waals surface area (Å²) in [6, 6.07) is -4.52. The molecule has 4 aliphatic rings. The molecule has 0 aromatic rings. The van der Waals surface area contributed by atoms with Gasteiger partial charge in [-0.2, -0.15) is 0 Å². The Morgan fingerprint density at radius 3 is 2.06 bits per heavy atom. The molecule has 0 radical (unpaired) electrons. The largest absolute Gasteiger partial charge is 0.460 e. The summed E-state index contributed by atoms with van der Waals surface area (Å²) in [5.74, 6) is -2.50. The molecule has 1 unspecified atom stereocenters. The highest BCUT2D eigenvalue weighted by molar-refractivity contribution is 6.38. The molecule has 0 bridgehead atoms. The quantitative estimate of drug-likeness (QED) is 0.120. The number of hydrogen-bond acceptors (Lipinski definition) is 7. The van der Waals surface area contributed by atoms with Gasteiger partial charge in [0.15, 0.2) is 0 Å². The van der Waals surface area contributed by atoms with Crippen LogP contribution in [0.25, 0.3) is 0 Å². The average molecular weight is 658 g/mol. The van der Waals surface area contributed by atoms with Crippen LogP contribution >= 0.6 is 0 Å². The van der Waals surface area contributed by atoms with Gasteiger partial charge in [0.05, 0.1) is 6.04 Å². The first-order valence-corrected chi connectivity index (χ1v) is 17.2. The van der Waals surface area contributed by atoms with Crippen LogP contribution < -0.4 is 21.3 Å². The van der Waals surface area contributed by atoms with Crippen LogP contribution in [0.1, 0.15) is 87.5 Å². The minimum Gasteiger partial charge on any atom is -0.460 e. The van der Waals surface area contributed by atoms with Gasteiger partial charge in [0.25, 0.3) is 5.91 Å². The van der Waals surface area contributed by atoms with Crippen molar-refractivity contribution in [2.45, 2.75) is 118 Å². The Balaban J connectivity index is 1.47. The number of esters is 1. The van der Waals surface area contributed by atoms with Crippen molar-refractivity contribution in [1.82, 2.24) is 26.2 Å². The normalized spacial score (nSPS) is 24.8. The summed E-state index contributed by atoms with van der Waals surface area (Å²) in [7, 11) is 0. The maximum atomic E-state index is 14.3. The summed E-state index contributed by atoms with van der Waals surface area (Å²) in [4.78, 5) is 81.4. The number of ketones is 1. The molecule has 1 saturated heterocycles. The van der Waals surface area contributed by atoms with E-state index in [0.717, 1.165) is 25.7 Å². The summed E-state index contributed by atoms with van der Waals surface area (Å²) >= 11 is 0. The minimum atomic E-state index is -1.06. The predicted molar refractivity (Wildman–Crippen MR) is 176 cm³/mol. The Morgan fingerprint density at radius 1 is 0.979 bits per heavy atom. The number of piperidine rings is 1. The van der Waals surface area contributed by atoms with Gasteiger partial charge in [0.1, 0.15) is 24.2 Å². The Hall–Kier alpha value is -3.44. The molecule has 4 rings (SSSR count). The first-order valence-electron chi connectivity index (χ1n) is 17.2. The molecule has 0 spiro atoms. The third kappa shape index (κ3) is 8.17. The van der Waals surface area contributed by atoms with Crippen LogP contribution in [-0.4, -0.2) is 83.8 Å². The summed E-state index contributed by atoms with van der Waals surface area (Å²) in [5, 5.41) is 10.8. The highest BCUT2D eigenvalue weighted by Crippen LogP contribution is 2.65. The highest BCUT2D eigenvalue weighted by atomic mass is 16.5. The third-order valence-corrected chi connectivity index (χ3v) is 10.5. The number of carbonyl (C=O) groups excluding carboxylic acids is 6. The van der Waals surface area contributed by atoms with Crippen LogP contribution in [0.3, 0.4) is 0 Å². The van der Waals surface area contributed by atoms with Gasteiger partial charge in [-0.15, -0.1) is 6.58 Å². The molecule has 1 heterocycles. The number of nitrogens with one attached hydrogen (secondary N) is 4. The van der Waals surface area contributed by atoms with Crippen molar-refractivity contribution >= 4 is 35.5 Å². The van der Waals surface area contributed by atoms with E-state index in [2.05, 4.69) is 27.8 Å². The minimum absolute atomic E-state index is 0.0642. The summed E-state index contributed by atoms with van der Waals surface area (Å²) < 4.78 is 5.94. The fourth-order valence-corrected chi connectivity index (χ4v) is 7.09. The van der Waals surface area contributed by atoms with Crippen molar-refractivity contribution in [3.05, 3.63) is 12.7 Å². The van der Waals surface area contributed by atoms with Crippen molar-refractivity contribution in [2.24, 2.45) is 40.4 Å². The van der Waals surface area contributed by atoms with E-state index in [1.807, 2.05) is 48.5 Å². The van der Waals surface area contributed by atoms with Crippen LogP contribution in [-0.2, 0) is 28.7 Å². The van der Waals surface area contributed by atoms with Crippen molar-refractivity contribution in [1.29, 1.82) is 0 Å². The maximum absolute atomic E-state index is 14.3. The molecule has 4 fully saturated rings. The Bertz CT molecular complexity index is 1250. The van der Waals surface area contributed by atoms with Crippen molar-refractivity contribution in [3.63, 3.8) is 0 Å². The van der Waals surface area contributed by atoms with E-state index in [9.17, 15) is 28.8 Å². The highest BCUT2D eigenvalue weighted by Gasteiger charge is 2.70. The van der Waals surface area contributed by atoms with Crippen molar-refractivity contribution in [3.8, 4) is 0 Å². The zero-order chi connectivity index (χ0) is 35.0. The number of hydrogen-bond donors (Lipinski definition) is 4. The van der Waals surface area contributed by atoms with Gasteiger partial charge in [-0.3, -0.25) is 19.2 Å². The Morgan fingerprint density at radius 2 is 1.57 bits per heavy atom. The number of fused-ring (bicyclic) bond motifs is 1. The number of ether oxygens (including phenoxy) is 1. The molecule has 4 N–H and O–H groups in total. The number of rotatable bonds is 15. The van der Waals surface area contributed by atoms with Gasteiger partial charge in [0, 0.05) is 13.1 Å². The summed E-state index contributed by atoms with van der Waals surface area (Å²) in [6.45, 7) is 18.9. The fraction of sp³-hybridized carbons (Fsp3) is 0.771. The van der Waals surface area contributed by atoms with E-state index < -0.39 is 65.1 Å².